The Morgan fingerprint density at radius 1 is 1.30 bits per heavy atom. The van der Waals surface area contributed by atoms with E-state index in [0.29, 0.717) is 12.8 Å². The minimum atomic E-state index is -3.94. The van der Waals surface area contributed by atoms with Crippen LogP contribution in [-0.4, -0.2) is 20.5 Å². The van der Waals surface area contributed by atoms with Crippen molar-refractivity contribution < 1.29 is 12.8 Å². The third-order valence-corrected chi connectivity index (χ3v) is 5.99. The molecule has 1 saturated carbocycles. The Morgan fingerprint density at radius 2 is 1.90 bits per heavy atom. The van der Waals surface area contributed by atoms with E-state index in [1.165, 1.54) is 12.1 Å². The lowest BCUT2D eigenvalue weighted by molar-refractivity contribution is 0.399. The Labute approximate surface area is 127 Å². The summed E-state index contributed by atoms with van der Waals surface area (Å²) in [5, 5.41) is -0.724. The SMILES string of the molecule is NCC1(NS(=O)(=O)c2ccc(Cl)c(F)c2Cl)CCCC1. The van der Waals surface area contributed by atoms with Gasteiger partial charge in [0.1, 0.15) is 4.90 Å². The maximum absolute atomic E-state index is 13.6. The standard InChI is InChI=1S/C12H15Cl2FN2O2S/c13-8-3-4-9(10(14)11(8)15)20(18,19)17-12(7-16)5-1-2-6-12/h3-4,17H,1-2,5-7,16H2. The molecule has 0 amide bonds. The minimum absolute atomic E-state index is 0.194. The second-order valence-electron chi connectivity index (χ2n) is 4.97. The maximum Gasteiger partial charge on any atom is 0.242 e. The first-order valence-electron chi connectivity index (χ1n) is 6.19. The van der Waals surface area contributed by atoms with Crippen molar-refractivity contribution in [3.8, 4) is 0 Å². The van der Waals surface area contributed by atoms with Crippen molar-refractivity contribution in [2.75, 3.05) is 6.54 Å². The monoisotopic (exact) mass is 340 g/mol. The van der Waals surface area contributed by atoms with Crippen molar-refractivity contribution in [2.24, 2.45) is 5.73 Å². The molecule has 4 nitrogen and oxygen atoms in total. The molecule has 0 aliphatic heterocycles. The predicted molar refractivity (Wildman–Crippen MR) is 77.0 cm³/mol. The molecule has 0 saturated heterocycles. The summed E-state index contributed by atoms with van der Waals surface area (Å²) < 4.78 is 41.0. The highest BCUT2D eigenvalue weighted by molar-refractivity contribution is 7.89. The lowest BCUT2D eigenvalue weighted by Gasteiger charge is -2.28. The summed E-state index contributed by atoms with van der Waals surface area (Å²) in [4.78, 5) is -0.319. The summed E-state index contributed by atoms with van der Waals surface area (Å²) in [5.74, 6) is -0.940. The van der Waals surface area contributed by atoms with E-state index in [1.54, 1.807) is 0 Å². The summed E-state index contributed by atoms with van der Waals surface area (Å²) in [7, 11) is -3.94. The zero-order valence-electron chi connectivity index (χ0n) is 10.6. The molecular weight excluding hydrogens is 326 g/mol. The van der Waals surface area contributed by atoms with Crippen LogP contribution in [-0.2, 0) is 10.0 Å². The van der Waals surface area contributed by atoms with E-state index >= 15 is 0 Å². The number of hydrogen-bond donors (Lipinski definition) is 2. The highest BCUT2D eigenvalue weighted by Crippen LogP contribution is 2.33. The van der Waals surface area contributed by atoms with Gasteiger partial charge in [0.15, 0.2) is 5.82 Å². The Balaban J connectivity index is 2.38. The first kappa shape index (κ1) is 16.0. The second kappa shape index (κ2) is 5.77. The summed E-state index contributed by atoms with van der Waals surface area (Å²) in [6.07, 6.45) is 3.14. The largest absolute Gasteiger partial charge is 0.329 e. The average molecular weight is 341 g/mol. The third kappa shape index (κ3) is 2.94. The molecule has 0 unspecified atom stereocenters. The van der Waals surface area contributed by atoms with Gasteiger partial charge in [-0.15, -0.1) is 0 Å². The van der Waals surface area contributed by atoms with Gasteiger partial charge in [-0.2, -0.15) is 0 Å². The zero-order valence-corrected chi connectivity index (χ0v) is 13.0. The van der Waals surface area contributed by atoms with E-state index in [1.807, 2.05) is 0 Å². The number of nitrogens with two attached hydrogens (primary N) is 1. The molecule has 2 rings (SSSR count). The van der Waals surface area contributed by atoms with Gasteiger partial charge in [0.2, 0.25) is 10.0 Å². The predicted octanol–water partition coefficient (Wildman–Crippen LogP) is 2.68. The van der Waals surface area contributed by atoms with Crippen LogP contribution in [0.3, 0.4) is 0 Å². The highest BCUT2D eigenvalue weighted by atomic mass is 35.5. The Morgan fingerprint density at radius 3 is 2.45 bits per heavy atom. The number of rotatable bonds is 4. The molecule has 1 aliphatic rings. The average Bonchev–Trinajstić information content (AvgIpc) is 2.84. The Kier molecular flexibility index (Phi) is 4.61. The molecule has 1 aromatic carbocycles. The first-order valence-corrected chi connectivity index (χ1v) is 8.43. The second-order valence-corrected chi connectivity index (χ2v) is 7.41. The van der Waals surface area contributed by atoms with E-state index in [4.69, 9.17) is 28.9 Å². The van der Waals surface area contributed by atoms with Gasteiger partial charge < -0.3 is 5.73 Å². The van der Waals surface area contributed by atoms with Crippen LogP contribution < -0.4 is 10.5 Å². The van der Waals surface area contributed by atoms with E-state index in [9.17, 15) is 12.8 Å². The molecule has 0 atom stereocenters. The molecule has 0 spiro atoms. The van der Waals surface area contributed by atoms with Crippen molar-refractivity contribution in [1.29, 1.82) is 0 Å². The molecule has 8 heteroatoms. The van der Waals surface area contributed by atoms with Crippen LogP contribution in [0, 0.1) is 5.82 Å². The van der Waals surface area contributed by atoms with E-state index in [0.717, 1.165) is 12.8 Å². The number of halogens is 3. The zero-order chi connectivity index (χ0) is 15.0. The fourth-order valence-corrected chi connectivity index (χ4v) is 4.67. The number of sulfonamides is 1. The molecule has 0 bridgehead atoms. The van der Waals surface area contributed by atoms with Gasteiger partial charge in [-0.05, 0) is 25.0 Å². The molecule has 1 fully saturated rings. The normalized spacial score (nSPS) is 18.4. The van der Waals surface area contributed by atoms with Gasteiger partial charge in [-0.3, -0.25) is 0 Å². The molecule has 1 aliphatic carbocycles. The first-order chi connectivity index (χ1) is 9.31. The van der Waals surface area contributed by atoms with E-state index in [2.05, 4.69) is 4.72 Å². The van der Waals surface area contributed by atoms with Gasteiger partial charge in [-0.25, -0.2) is 17.5 Å². The molecule has 112 valence electrons. The summed E-state index contributed by atoms with van der Waals surface area (Å²) in [6, 6.07) is 2.36. The number of nitrogens with one attached hydrogen (secondary N) is 1. The molecular formula is C12H15Cl2FN2O2S. The molecule has 1 aromatic rings. The number of benzene rings is 1. The summed E-state index contributed by atoms with van der Waals surface area (Å²) in [6.45, 7) is 0.194. The van der Waals surface area contributed by atoms with Gasteiger partial charge in [0.25, 0.3) is 0 Å². The van der Waals surface area contributed by atoms with Crippen molar-refractivity contribution in [3.05, 3.63) is 28.0 Å². The fraction of sp³-hybridized carbons (Fsp3) is 0.500. The minimum Gasteiger partial charge on any atom is -0.329 e. The van der Waals surface area contributed by atoms with E-state index < -0.39 is 26.4 Å². The molecule has 20 heavy (non-hydrogen) atoms. The van der Waals surface area contributed by atoms with Gasteiger partial charge >= 0.3 is 0 Å². The topological polar surface area (TPSA) is 72.2 Å². The smallest absolute Gasteiger partial charge is 0.242 e. The Bertz CT molecular complexity index is 616. The summed E-state index contributed by atoms with van der Waals surface area (Å²) >= 11 is 11.3. The highest BCUT2D eigenvalue weighted by Gasteiger charge is 2.37. The molecule has 0 heterocycles. The van der Waals surface area contributed by atoms with Crippen molar-refractivity contribution in [3.63, 3.8) is 0 Å². The molecule has 0 radical (unpaired) electrons. The van der Waals surface area contributed by atoms with Crippen LogP contribution in [0.5, 0.6) is 0 Å². The van der Waals surface area contributed by atoms with Crippen LogP contribution in [0.15, 0.2) is 17.0 Å². The van der Waals surface area contributed by atoms with Crippen LogP contribution in [0.1, 0.15) is 25.7 Å². The molecule has 3 N–H and O–H groups in total. The third-order valence-electron chi connectivity index (χ3n) is 3.59. The van der Waals surface area contributed by atoms with Crippen molar-refractivity contribution in [2.45, 2.75) is 36.1 Å². The van der Waals surface area contributed by atoms with Gasteiger partial charge in [0, 0.05) is 12.1 Å². The van der Waals surface area contributed by atoms with Gasteiger partial charge in [-0.1, -0.05) is 36.0 Å². The van der Waals surface area contributed by atoms with Crippen LogP contribution in [0.2, 0.25) is 10.0 Å². The Hall–Kier alpha value is -0.400. The van der Waals surface area contributed by atoms with Crippen LogP contribution >= 0.6 is 23.2 Å². The van der Waals surface area contributed by atoms with Crippen LogP contribution in [0.4, 0.5) is 4.39 Å². The quantitative estimate of drug-likeness (QED) is 0.827. The lowest BCUT2D eigenvalue weighted by Crippen LogP contribution is -2.51. The van der Waals surface area contributed by atoms with Crippen molar-refractivity contribution >= 4 is 33.2 Å². The van der Waals surface area contributed by atoms with Gasteiger partial charge in [0.05, 0.1) is 10.0 Å². The van der Waals surface area contributed by atoms with Crippen molar-refractivity contribution in [1.82, 2.24) is 4.72 Å². The number of hydrogen-bond acceptors (Lipinski definition) is 3. The van der Waals surface area contributed by atoms with Crippen LogP contribution in [0.25, 0.3) is 0 Å². The van der Waals surface area contributed by atoms with E-state index in [-0.39, 0.29) is 16.5 Å². The maximum atomic E-state index is 13.6. The molecule has 0 aromatic heterocycles. The summed E-state index contributed by atoms with van der Waals surface area (Å²) in [5.41, 5.74) is 5.02. The fourth-order valence-electron chi connectivity index (χ4n) is 2.46. The lowest BCUT2D eigenvalue weighted by atomic mass is 10.0.